The van der Waals surface area contributed by atoms with Crippen LogP contribution in [0.25, 0.3) is 16.5 Å². The maximum Gasteiger partial charge on any atom is 0.231 e. The Bertz CT molecular complexity index is 936. The van der Waals surface area contributed by atoms with Crippen molar-refractivity contribution in [1.29, 1.82) is 0 Å². The third-order valence-corrected chi connectivity index (χ3v) is 6.04. The number of likely N-dealkylation sites (N-methyl/N-ethyl adjacent to an activating group) is 1. The van der Waals surface area contributed by atoms with E-state index >= 15 is 0 Å². The first kappa shape index (κ1) is 16.4. The van der Waals surface area contributed by atoms with Gasteiger partial charge in [0.2, 0.25) is 5.91 Å². The summed E-state index contributed by atoms with van der Waals surface area (Å²) in [5.41, 5.74) is 4.95. The molecule has 4 rings (SSSR count). The topological polar surface area (TPSA) is 39.3 Å². The van der Waals surface area contributed by atoms with E-state index in [9.17, 15) is 4.79 Å². The summed E-state index contributed by atoms with van der Waals surface area (Å²) in [5, 5.41) is 1.27. The van der Waals surface area contributed by atoms with Crippen LogP contribution in [0, 0.1) is 18.3 Å². The second-order valence-corrected chi connectivity index (χ2v) is 7.73. The van der Waals surface area contributed by atoms with Gasteiger partial charge in [0.15, 0.2) is 0 Å². The van der Waals surface area contributed by atoms with E-state index in [0.717, 1.165) is 23.1 Å². The second kappa shape index (κ2) is 6.05. The maximum atomic E-state index is 12.7. The summed E-state index contributed by atoms with van der Waals surface area (Å²) in [6, 6.07) is 6.63. The van der Waals surface area contributed by atoms with E-state index in [1.807, 2.05) is 0 Å². The maximum absolute atomic E-state index is 12.7. The molecule has 1 aliphatic carbocycles. The zero-order valence-corrected chi connectivity index (χ0v) is 15.9. The number of carbonyl (C=O) groups is 1. The molecule has 1 aliphatic heterocycles. The predicted molar refractivity (Wildman–Crippen MR) is 104 cm³/mol. The minimum Gasteiger partial charge on any atom is -0.349 e. The lowest BCUT2D eigenvalue weighted by Gasteiger charge is -2.40. The Morgan fingerprint density at radius 2 is 2.32 bits per heavy atom. The number of terminal acetylenes is 1. The minimum atomic E-state index is -0.159. The third-order valence-electron chi connectivity index (χ3n) is 5.36. The number of H-pyrrole nitrogens is 1. The molecule has 2 aliphatic rings. The predicted octanol–water partition coefficient (Wildman–Crippen LogP) is 2.89. The number of fused-ring (bicyclic) bond motifs is 2. The van der Waals surface area contributed by atoms with Gasteiger partial charge in [-0.05, 0) is 52.2 Å². The van der Waals surface area contributed by atoms with E-state index in [1.54, 1.807) is 11.9 Å². The van der Waals surface area contributed by atoms with Crippen molar-refractivity contribution in [1.82, 2.24) is 14.8 Å². The Morgan fingerprint density at radius 1 is 1.52 bits per heavy atom. The first-order chi connectivity index (χ1) is 12.0. The van der Waals surface area contributed by atoms with Crippen molar-refractivity contribution in [2.75, 3.05) is 27.2 Å². The molecule has 0 bridgehead atoms. The summed E-state index contributed by atoms with van der Waals surface area (Å²) >= 11 is 3.67. The number of aromatic nitrogens is 1. The molecule has 0 fully saturated rings. The molecule has 1 aromatic carbocycles. The standard InChI is InChI=1S/C20H20BrN3O/c1-4-8-23(2)20(25)12-9-14-13-6-5-7-16-18(13)15(19(21)22-16)10-17(14)24(3)11-12/h1,5-7,9,12,17,22H,8,10-11H2,2-3H3/t12-,17-/m1/s1. The fourth-order valence-electron chi connectivity index (χ4n) is 4.15. The molecule has 2 heterocycles. The molecule has 1 amide bonds. The van der Waals surface area contributed by atoms with Crippen LogP contribution in [0.4, 0.5) is 0 Å². The Kier molecular flexibility index (Phi) is 3.98. The Morgan fingerprint density at radius 3 is 3.08 bits per heavy atom. The van der Waals surface area contributed by atoms with Crippen LogP contribution in [0.3, 0.4) is 0 Å². The molecule has 1 aromatic heterocycles. The van der Waals surface area contributed by atoms with E-state index in [0.29, 0.717) is 12.6 Å². The van der Waals surface area contributed by atoms with E-state index in [2.05, 4.69) is 63.1 Å². The minimum absolute atomic E-state index is 0.0870. The quantitative estimate of drug-likeness (QED) is 0.791. The fourth-order valence-corrected chi connectivity index (χ4v) is 4.72. The van der Waals surface area contributed by atoms with Crippen LogP contribution in [0.5, 0.6) is 0 Å². The van der Waals surface area contributed by atoms with Crippen LogP contribution in [0.1, 0.15) is 11.1 Å². The Balaban J connectivity index is 1.82. The zero-order valence-electron chi connectivity index (χ0n) is 14.3. The number of rotatable bonds is 2. The van der Waals surface area contributed by atoms with Gasteiger partial charge in [-0.25, -0.2) is 0 Å². The number of halogens is 1. The Hall–Kier alpha value is -2.03. The van der Waals surface area contributed by atoms with Gasteiger partial charge >= 0.3 is 0 Å². The number of nitrogens with one attached hydrogen (secondary N) is 1. The highest BCUT2D eigenvalue weighted by Gasteiger charge is 2.37. The molecule has 0 radical (unpaired) electrons. The smallest absolute Gasteiger partial charge is 0.231 e. The number of amides is 1. The number of hydrogen-bond donors (Lipinski definition) is 1. The molecule has 1 N–H and O–H groups in total. The lowest BCUT2D eigenvalue weighted by atomic mass is 9.79. The van der Waals surface area contributed by atoms with E-state index in [-0.39, 0.29) is 11.8 Å². The van der Waals surface area contributed by atoms with E-state index in [1.165, 1.54) is 22.1 Å². The highest BCUT2D eigenvalue weighted by molar-refractivity contribution is 9.10. The Labute approximate surface area is 156 Å². The van der Waals surface area contributed by atoms with Gasteiger partial charge in [-0.1, -0.05) is 24.1 Å². The van der Waals surface area contributed by atoms with Crippen LogP contribution in [-0.2, 0) is 11.2 Å². The SMILES string of the molecule is C#CCN(C)C(=O)[C@@H]1C=C2c3cccc4[nH]c(Br)c(c34)C[C@H]2N(C)C1. The average molecular weight is 398 g/mol. The second-order valence-electron chi connectivity index (χ2n) is 6.93. The number of benzene rings is 1. The van der Waals surface area contributed by atoms with Crippen LogP contribution < -0.4 is 0 Å². The monoisotopic (exact) mass is 397 g/mol. The molecule has 2 atom stereocenters. The summed E-state index contributed by atoms with van der Waals surface area (Å²) in [7, 11) is 3.88. The van der Waals surface area contributed by atoms with Gasteiger partial charge in [-0.3, -0.25) is 9.69 Å². The molecule has 0 spiro atoms. The van der Waals surface area contributed by atoms with Crippen molar-refractivity contribution in [2.24, 2.45) is 5.92 Å². The largest absolute Gasteiger partial charge is 0.349 e. The van der Waals surface area contributed by atoms with Crippen LogP contribution in [0.2, 0.25) is 0 Å². The molecule has 0 saturated heterocycles. The van der Waals surface area contributed by atoms with Crippen LogP contribution in [0.15, 0.2) is 28.9 Å². The number of carbonyl (C=O) groups excluding carboxylic acids is 1. The van der Waals surface area contributed by atoms with Crippen molar-refractivity contribution in [2.45, 2.75) is 12.5 Å². The van der Waals surface area contributed by atoms with E-state index < -0.39 is 0 Å². The van der Waals surface area contributed by atoms with Crippen molar-refractivity contribution < 1.29 is 4.79 Å². The van der Waals surface area contributed by atoms with E-state index in [4.69, 9.17) is 6.42 Å². The average Bonchev–Trinajstić information content (AvgIpc) is 2.92. The fraction of sp³-hybridized carbons (Fsp3) is 0.350. The number of nitrogens with zero attached hydrogens (tertiary/aromatic N) is 2. The third kappa shape index (κ3) is 2.52. The molecule has 0 unspecified atom stereocenters. The normalized spacial score (nSPS) is 22.2. The first-order valence-electron chi connectivity index (χ1n) is 8.41. The van der Waals surface area contributed by atoms with Gasteiger partial charge in [0.25, 0.3) is 0 Å². The molecular formula is C20H20BrN3O. The van der Waals surface area contributed by atoms with Gasteiger partial charge in [0, 0.05) is 30.5 Å². The van der Waals surface area contributed by atoms with Crippen molar-refractivity contribution >= 4 is 38.3 Å². The first-order valence-corrected chi connectivity index (χ1v) is 9.20. The molecule has 5 heteroatoms. The van der Waals surface area contributed by atoms with Crippen molar-refractivity contribution in [3.05, 3.63) is 40.0 Å². The molecule has 4 nitrogen and oxygen atoms in total. The molecule has 2 aromatic rings. The number of aromatic amines is 1. The number of hydrogen-bond acceptors (Lipinski definition) is 2. The van der Waals surface area contributed by atoms with Gasteiger partial charge < -0.3 is 9.88 Å². The highest BCUT2D eigenvalue weighted by Crippen LogP contribution is 2.43. The van der Waals surface area contributed by atoms with Crippen molar-refractivity contribution in [3.8, 4) is 12.3 Å². The zero-order chi connectivity index (χ0) is 17.7. The van der Waals surface area contributed by atoms with Crippen LogP contribution >= 0.6 is 15.9 Å². The summed E-state index contributed by atoms with van der Waals surface area (Å²) in [5.74, 6) is 2.48. The van der Waals surface area contributed by atoms with Gasteiger partial charge in [-0.2, -0.15) is 0 Å². The van der Waals surface area contributed by atoms with Gasteiger partial charge in [0.05, 0.1) is 17.1 Å². The van der Waals surface area contributed by atoms with Crippen molar-refractivity contribution in [3.63, 3.8) is 0 Å². The summed E-state index contributed by atoms with van der Waals surface area (Å²) in [6.07, 6.45) is 8.47. The highest BCUT2D eigenvalue weighted by atomic mass is 79.9. The summed E-state index contributed by atoms with van der Waals surface area (Å²) in [6.45, 7) is 1.06. The molecule has 128 valence electrons. The van der Waals surface area contributed by atoms with Gasteiger partial charge in [0.1, 0.15) is 0 Å². The molecule has 25 heavy (non-hydrogen) atoms. The lowest BCUT2D eigenvalue weighted by Crippen LogP contribution is -2.47. The summed E-state index contributed by atoms with van der Waals surface area (Å²) in [4.78, 5) is 20.1. The lowest BCUT2D eigenvalue weighted by molar-refractivity contribution is -0.132. The van der Waals surface area contributed by atoms with Gasteiger partial charge in [-0.15, -0.1) is 6.42 Å². The molecule has 0 saturated carbocycles. The summed E-state index contributed by atoms with van der Waals surface area (Å²) < 4.78 is 1.06. The molecular weight excluding hydrogens is 378 g/mol. The van der Waals surface area contributed by atoms with Crippen LogP contribution in [-0.4, -0.2) is 53.9 Å².